The Hall–Kier alpha value is -2.87. The fourth-order valence-electron chi connectivity index (χ4n) is 2.46. The third kappa shape index (κ3) is 5.82. The Morgan fingerprint density at radius 2 is 1.71 bits per heavy atom. The van der Waals surface area contributed by atoms with E-state index in [4.69, 9.17) is 5.11 Å². The number of nitrogens with one attached hydrogen (secondary N) is 2. The normalized spacial score (nSPS) is 12.2. The van der Waals surface area contributed by atoms with Crippen molar-refractivity contribution in [2.24, 2.45) is 0 Å². The molecule has 0 unspecified atom stereocenters. The maximum Gasteiger partial charge on any atom is 0.303 e. The van der Waals surface area contributed by atoms with E-state index in [0.717, 1.165) is 12.0 Å². The minimum absolute atomic E-state index is 0.0248. The van der Waals surface area contributed by atoms with Crippen LogP contribution in [-0.2, 0) is 21.2 Å². The number of para-hydroxylation sites is 1. The summed E-state index contributed by atoms with van der Waals surface area (Å²) in [5.41, 5.74) is 1.16. The van der Waals surface area contributed by atoms with Crippen LogP contribution in [0.1, 0.15) is 42.6 Å². The molecule has 0 saturated heterocycles. The lowest BCUT2D eigenvalue weighted by molar-refractivity contribution is -0.136. The Kier molecular flexibility index (Phi) is 7.17. The summed E-state index contributed by atoms with van der Waals surface area (Å²) in [5, 5.41) is 11.5. The number of hydrogen-bond acceptors (Lipinski definition) is 4. The standard InChI is InChI=1S/C20H24N2O5S/c1-3-14(2)21-20(25)17-6-4-5-7-18(17)22-28(26,27)16-11-8-15(9-12-16)10-13-19(23)24/h4-9,11-12,14,22H,3,10,13H2,1-2H3,(H,21,25)(H,23,24)/t14-/m0/s1. The highest BCUT2D eigenvalue weighted by Gasteiger charge is 2.19. The minimum Gasteiger partial charge on any atom is -0.481 e. The van der Waals surface area contributed by atoms with Gasteiger partial charge in [0, 0.05) is 12.5 Å². The molecule has 8 heteroatoms. The lowest BCUT2D eigenvalue weighted by atomic mass is 10.1. The van der Waals surface area contributed by atoms with E-state index >= 15 is 0 Å². The molecule has 3 N–H and O–H groups in total. The van der Waals surface area contributed by atoms with Gasteiger partial charge in [-0.15, -0.1) is 0 Å². The Morgan fingerprint density at radius 1 is 1.07 bits per heavy atom. The second kappa shape index (κ2) is 9.36. The molecule has 0 saturated carbocycles. The number of sulfonamides is 1. The summed E-state index contributed by atoms with van der Waals surface area (Å²) in [6.07, 6.45) is 1.05. The molecule has 2 rings (SSSR count). The van der Waals surface area contributed by atoms with Gasteiger partial charge in [-0.05, 0) is 49.6 Å². The Bertz CT molecular complexity index is 939. The summed E-state index contributed by atoms with van der Waals surface area (Å²) in [7, 11) is -3.90. The van der Waals surface area contributed by atoms with Gasteiger partial charge in [0.15, 0.2) is 0 Å². The van der Waals surface area contributed by atoms with Crippen molar-refractivity contribution in [3.05, 3.63) is 59.7 Å². The second-order valence-electron chi connectivity index (χ2n) is 6.47. The van der Waals surface area contributed by atoms with E-state index in [1.165, 1.54) is 18.2 Å². The monoisotopic (exact) mass is 404 g/mol. The zero-order valence-corrected chi connectivity index (χ0v) is 16.6. The van der Waals surface area contributed by atoms with E-state index in [1.807, 2.05) is 13.8 Å². The van der Waals surface area contributed by atoms with Crippen molar-refractivity contribution in [1.82, 2.24) is 5.32 Å². The molecule has 0 heterocycles. The first-order valence-electron chi connectivity index (χ1n) is 8.96. The van der Waals surface area contributed by atoms with Crippen molar-refractivity contribution in [1.29, 1.82) is 0 Å². The molecule has 0 aliphatic carbocycles. The van der Waals surface area contributed by atoms with Crippen LogP contribution in [0.2, 0.25) is 0 Å². The van der Waals surface area contributed by atoms with Gasteiger partial charge in [-0.25, -0.2) is 8.42 Å². The summed E-state index contributed by atoms with van der Waals surface area (Å²) >= 11 is 0. The third-order valence-electron chi connectivity index (χ3n) is 4.27. The molecule has 2 aromatic carbocycles. The minimum atomic E-state index is -3.90. The van der Waals surface area contributed by atoms with Gasteiger partial charge in [0.05, 0.1) is 16.1 Å². The van der Waals surface area contributed by atoms with Crippen LogP contribution in [0.3, 0.4) is 0 Å². The van der Waals surface area contributed by atoms with Crippen molar-refractivity contribution in [2.75, 3.05) is 4.72 Å². The van der Waals surface area contributed by atoms with Gasteiger partial charge >= 0.3 is 5.97 Å². The molecule has 1 amide bonds. The molecule has 0 fully saturated rings. The van der Waals surface area contributed by atoms with Crippen LogP contribution < -0.4 is 10.0 Å². The molecular formula is C20H24N2O5S. The van der Waals surface area contributed by atoms with Crippen LogP contribution in [0.4, 0.5) is 5.69 Å². The smallest absolute Gasteiger partial charge is 0.303 e. The predicted octanol–water partition coefficient (Wildman–Crippen LogP) is 3.03. The number of aryl methyl sites for hydroxylation is 1. The number of carboxylic acids is 1. The lowest BCUT2D eigenvalue weighted by Crippen LogP contribution is -2.32. The van der Waals surface area contributed by atoms with Gasteiger partial charge in [-0.1, -0.05) is 31.2 Å². The molecule has 1 atom stereocenters. The van der Waals surface area contributed by atoms with Crippen molar-refractivity contribution < 1.29 is 23.1 Å². The molecule has 0 bridgehead atoms. The zero-order chi connectivity index (χ0) is 20.7. The van der Waals surface area contributed by atoms with E-state index in [-0.39, 0.29) is 34.5 Å². The number of aliphatic carboxylic acids is 1. The first-order chi connectivity index (χ1) is 13.2. The van der Waals surface area contributed by atoms with Crippen LogP contribution in [0, 0.1) is 0 Å². The van der Waals surface area contributed by atoms with Crippen molar-refractivity contribution in [2.45, 2.75) is 44.0 Å². The molecule has 7 nitrogen and oxygen atoms in total. The Balaban J connectivity index is 2.20. The summed E-state index contributed by atoms with van der Waals surface area (Å²) < 4.78 is 27.9. The van der Waals surface area contributed by atoms with E-state index in [2.05, 4.69) is 10.0 Å². The Labute approximate surface area is 164 Å². The van der Waals surface area contributed by atoms with E-state index in [9.17, 15) is 18.0 Å². The molecule has 2 aromatic rings. The fraction of sp³-hybridized carbons (Fsp3) is 0.300. The Morgan fingerprint density at radius 3 is 2.32 bits per heavy atom. The van der Waals surface area contributed by atoms with Gasteiger partial charge in [-0.2, -0.15) is 0 Å². The van der Waals surface area contributed by atoms with Crippen molar-refractivity contribution in [3.63, 3.8) is 0 Å². The van der Waals surface area contributed by atoms with Gasteiger partial charge < -0.3 is 10.4 Å². The SMILES string of the molecule is CC[C@H](C)NC(=O)c1ccccc1NS(=O)(=O)c1ccc(CCC(=O)O)cc1. The summed E-state index contributed by atoms with van der Waals surface area (Å²) in [6, 6.07) is 12.4. The highest BCUT2D eigenvalue weighted by molar-refractivity contribution is 7.92. The molecule has 0 radical (unpaired) electrons. The topological polar surface area (TPSA) is 113 Å². The predicted molar refractivity (Wildman–Crippen MR) is 107 cm³/mol. The zero-order valence-electron chi connectivity index (χ0n) is 15.8. The molecule has 28 heavy (non-hydrogen) atoms. The third-order valence-corrected chi connectivity index (χ3v) is 5.65. The van der Waals surface area contributed by atoms with E-state index < -0.39 is 16.0 Å². The number of rotatable bonds is 9. The number of carbonyl (C=O) groups is 2. The largest absolute Gasteiger partial charge is 0.481 e. The molecule has 0 aromatic heterocycles. The highest BCUT2D eigenvalue weighted by atomic mass is 32.2. The summed E-state index contributed by atoms with van der Waals surface area (Å²) in [6.45, 7) is 3.82. The van der Waals surface area contributed by atoms with E-state index in [1.54, 1.807) is 30.3 Å². The molecule has 0 aliphatic rings. The number of carboxylic acid groups (broad SMARTS) is 1. The molecule has 0 aliphatic heterocycles. The quantitative estimate of drug-likeness (QED) is 0.595. The highest BCUT2D eigenvalue weighted by Crippen LogP contribution is 2.21. The molecular weight excluding hydrogens is 380 g/mol. The van der Waals surface area contributed by atoms with Gasteiger partial charge in [0.2, 0.25) is 0 Å². The fourth-order valence-corrected chi connectivity index (χ4v) is 3.54. The number of amides is 1. The maximum atomic E-state index is 12.7. The van der Waals surface area contributed by atoms with Crippen molar-refractivity contribution >= 4 is 27.6 Å². The average molecular weight is 404 g/mol. The maximum absolute atomic E-state index is 12.7. The van der Waals surface area contributed by atoms with Gasteiger partial charge in [-0.3, -0.25) is 14.3 Å². The van der Waals surface area contributed by atoms with Gasteiger partial charge in [0.25, 0.3) is 15.9 Å². The average Bonchev–Trinajstić information content (AvgIpc) is 2.66. The number of benzene rings is 2. The number of hydrogen-bond donors (Lipinski definition) is 3. The number of carbonyl (C=O) groups excluding carboxylic acids is 1. The molecule has 150 valence electrons. The van der Waals surface area contributed by atoms with Crippen LogP contribution in [0.15, 0.2) is 53.4 Å². The van der Waals surface area contributed by atoms with Crippen LogP contribution in [0.5, 0.6) is 0 Å². The number of anilines is 1. The van der Waals surface area contributed by atoms with E-state index in [0.29, 0.717) is 6.42 Å². The summed E-state index contributed by atoms with van der Waals surface area (Å²) in [5.74, 6) is -1.26. The van der Waals surface area contributed by atoms with Crippen molar-refractivity contribution in [3.8, 4) is 0 Å². The van der Waals surface area contributed by atoms with Gasteiger partial charge in [0.1, 0.15) is 0 Å². The second-order valence-corrected chi connectivity index (χ2v) is 8.15. The molecule has 0 spiro atoms. The summed E-state index contributed by atoms with van der Waals surface area (Å²) in [4.78, 5) is 23.1. The first kappa shape index (κ1) is 21.4. The first-order valence-corrected chi connectivity index (χ1v) is 10.4. The van der Waals surface area contributed by atoms with Crippen LogP contribution >= 0.6 is 0 Å². The van der Waals surface area contributed by atoms with Crippen LogP contribution in [0.25, 0.3) is 0 Å². The van der Waals surface area contributed by atoms with Crippen LogP contribution in [-0.4, -0.2) is 31.4 Å². The lowest BCUT2D eigenvalue weighted by Gasteiger charge is -2.15.